The Bertz CT molecular complexity index is 514. The first-order chi connectivity index (χ1) is 9.88. The fraction of sp³-hybridized carbons (Fsp3) is 0.467. The fourth-order valence-electron chi connectivity index (χ4n) is 1.96. The van der Waals surface area contributed by atoms with Crippen molar-refractivity contribution in [3.8, 4) is 5.75 Å². The molecular formula is C15H22N2O4. The number of esters is 1. The molecule has 6 heteroatoms. The molecular weight excluding hydrogens is 272 g/mol. The third-order valence-corrected chi connectivity index (χ3v) is 2.97. The van der Waals surface area contributed by atoms with Gasteiger partial charge in [0.15, 0.2) is 0 Å². The zero-order chi connectivity index (χ0) is 16.0. The van der Waals surface area contributed by atoms with Crippen LogP contribution in [0.15, 0.2) is 18.2 Å². The summed E-state index contributed by atoms with van der Waals surface area (Å²) in [5, 5.41) is 2.68. The molecule has 0 aliphatic heterocycles. The summed E-state index contributed by atoms with van der Waals surface area (Å²) < 4.78 is 9.86. The van der Waals surface area contributed by atoms with Crippen LogP contribution in [0.2, 0.25) is 0 Å². The van der Waals surface area contributed by atoms with Crippen LogP contribution < -0.4 is 15.8 Å². The Labute approximate surface area is 124 Å². The largest absolute Gasteiger partial charge is 0.496 e. The summed E-state index contributed by atoms with van der Waals surface area (Å²) in [7, 11) is 2.75. The molecule has 0 bridgehead atoms. The summed E-state index contributed by atoms with van der Waals surface area (Å²) in [4.78, 5) is 24.0. The van der Waals surface area contributed by atoms with Crippen molar-refractivity contribution in [2.75, 3.05) is 20.0 Å². The number of nitrogens with one attached hydrogen (secondary N) is 1. The highest BCUT2D eigenvalue weighted by molar-refractivity contribution is 5.99. The number of anilines is 1. The Morgan fingerprint density at radius 2 is 1.95 bits per heavy atom. The fourth-order valence-corrected chi connectivity index (χ4v) is 1.96. The molecule has 0 spiro atoms. The van der Waals surface area contributed by atoms with Gasteiger partial charge >= 0.3 is 5.97 Å². The third kappa shape index (κ3) is 4.66. The lowest BCUT2D eigenvalue weighted by atomic mass is 10.0. The second-order valence-corrected chi connectivity index (χ2v) is 5.14. The average molecular weight is 294 g/mol. The standard InChI is InChI=1S/C15H22N2O4/c1-9(2)7-12(15(19)21-4)17-14(18)11-6-5-10(16)8-13(11)20-3/h5-6,8-9,12H,7,16H2,1-4H3,(H,17,18). The van der Waals surface area contributed by atoms with Crippen molar-refractivity contribution in [3.05, 3.63) is 23.8 Å². The number of hydrogen-bond donors (Lipinski definition) is 2. The van der Waals surface area contributed by atoms with Gasteiger partial charge in [-0.3, -0.25) is 4.79 Å². The van der Waals surface area contributed by atoms with E-state index in [4.69, 9.17) is 15.2 Å². The molecule has 21 heavy (non-hydrogen) atoms. The summed E-state index contributed by atoms with van der Waals surface area (Å²) >= 11 is 0. The van der Waals surface area contributed by atoms with E-state index in [0.29, 0.717) is 23.4 Å². The SMILES string of the molecule is COC(=O)C(CC(C)C)NC(=O)c1ccc(N)cc1OC. The highest BCUT2D eigenvalue weighted by Crippen LogP contribution is 2.21. The molecule has 1 rings (SSSR count). The summed E-state index contributed by atoms with van der Waals surface area (Å²) in [6.45, 7) is 3.93. The van der Waals surface area contributed by atoms with E-state index in [9.17, 15) is 9.59 Å². The van der Waals surface area contributed by atoms with Crippen LogP contribution in [0.5, 0.6) is 5.75 Å². The van der Waals surface area contributed by atoms with E-state index in [1.54, 1.807) is 18.2 Å². The van der Waals surface area contributed by atoms with Crippen LogP contribution in [-0.2, 0) is 9.53 Å². The molecule has 1 amide bonds. The van der Waals surface area contributed by atoms with E-state index in [0.717, 1.165) is 0 Å². The molecule has 1 unspecified atom stereocenters. The summed E-state index contributed by atoms with van der Waals surface area (Å²) in [6.07, 6.45) is 0.496. The number of amides is 1. The molecule has 0 aliphatic carbocycles. The van der Waals surface area contributed by atoms with Crippen LogP contribution in [0.25, 0.3) is 0 Å². The number of ether oxygens (including phenoxy) is 2. The van der Waals surface area contributed by atoms with E-state index in [1.807, 2.05) is 13.8 Å². The zero-order valence-corrected chi connectivity index (χ0v) is 12.8. The van der Waals surface area contributed by atoms with Gasteiger partial charge in [0.1, 0.15) is 11.8 Å². The molecule has 6 nitrogen and oxygen atoms in total. The highest BCUT2D eigenvalue weighted by Gasteiger charge is 2.24. The van der Waals surface area contributed by atoms with Crippen molar-refractivity contribution in [1.29, 1.82) is 0 Å². The van der Waals surface area contributed by atoms with Gasteiger partial charge < -0.3 is 20.5 Å². The molecule has 0 fully saturated rings. The Kier molecular flexibility index (Phi) is 6.02. The van der Waals surface area contributed by atoms with Gasteiger partial charge in [-0.25, -0.2) is 4.79 Å². The van der Waals surface area contributed by atoms with Crippen molar-refractivity contribution in [2.24, 2.45) is 5.92 Å². The topological polar surface area (TPSA) is 90.7 Å². The van der Waals surface area contributed by atoms with Crippen LogP contribution in [0.4, 0.5) is 5.69 Å². The molecule has 0 heterocycles. The molecule has 0 aliphatic rings. The van der Waals surface area contributed by atoms with Crippen LogP contribution in [0.3, 0.4) is 0 Å². The number of methoxy groups -OCH3 is 2. The van der Waals surface area contributed by atoms with Crippen molar-refractivity contribution >= 4 is 17.6 Å². The van der Waals surface area contributed by atoms with Gasteiger partial charge in [-0.1, -0.05) is 13.8 Å². The van der Waals surface area contributed by atoms with Gasteiger partial charge in [-0.15, -0.1) is 0 Å². The Hall–Kier alpha value is -2.24. The van der Waals surface area contributed by atoms with Crippen molar-refractivity contribution in [1.82, 2.24) is 5.32 Å². The van der Waals surface area contributed by atoms with Crippen molar-refractivity contribution in [2.45, 2.75) is 26.3 Å². The van der Waals surface area contributed by atoms with Gasteiger partial charge in [0.05, 0.1) is 19.8 Å². The van der Waals surface area contributed by atoms with Gasteiger partial charge in [-0.2, -0.15) is 0 Å². The minimum Gasteiger partial charge on any atom is -0.496 e. The number of benzene rings is 1. The van der Waals surface area contributed by atoms with Gasteiger partial charge in [0, 0.05) is 11.8 Å². The predicted octanol–water partition coefficient (Wildman–Crippen LogP) is 1.59. The molecule has 116 valence electrons. The quantitative estimate of drug-likeness (QED) is 0.614. The number of hydrogen-bond acceptors (Lipinski definition) is 5. The first-order valence-corrected chi connectivity index (χ1v) is 6.71. The maximum atomic E-state index is 12.3. The summed E-state index contributed by atoms with van der Waals surface area (Å²) in [6, 6.07) is 4.04. The van der Waals surface area contributed by atoms with E-state index in [-0.39, 0.29) is 5.92 Å². The molecule has 3 N–H and O–H groups in total. The van der Waals surface area contributed by atoms with Crippen LogP contribution in [0, 0.1) is 5.92 Å². The second-order valence-electron chi connectivity index (χ2n) is 5.14. The number of carbonyl (C=O) groups is 2. The molecule has 0 aromatic heterocycles. The maximum Gasteiger partial charge on any atom is 0.328 e. The van der Waals surface area contributed by atoms with Gasteiger partial charge in [0.25, 0.3) is 5.91 Å². The summed E-state index contributed by atoms with van der Waals surface area (Å²) in [5.74, 6) is -0.266. The van der Waals surface area contributed by atoms with Crippen molar-refractivity contribution in [3.63, 3.8) is 0 Å². The number of rotatable bonds is 6. The van der Waals surface area contributed by atoms with E-state index < -0.39 is 17.9 Å². The molecule has 0 saturated carbocycles. The van der Waals surface area contributed by atoms with Gasteiger partial charge in [-0.05, 0) is 24.5 Å². The first kappa shape index (κ1) is 16.8. The summed E-state index contributed by atoms with van der Waals surface area (Å²) in [5.41, 5.74) is 6.47. The van der Waals surface area contributed by atoms with E-state index in [2.05, 4.69) is 5.32 Å². The van der Waals surface area contributed by atoms with Crippen LogP contribution in [-0.4, -0.2) is 32.1 Å². The van der Waals surface area contributed by atoms with Gasteiger partial charge in [0.2, 0.25) is 0 Å². The smallest absolute Gasteiger partial charge is 0.328 e. The lowest BCUT2D eigenvalue weighted by Gasteiger charge is -2.19. The average Bonchev–Trinajstić information content (AvgIpc) is 2.44. The first-order valence-electron chi connectivity index (χ1n) is 6.71. The Morgan fingerprint density at radius 1 is 1.29 bits per heavy atom. The van der Waals surface area contributed by atoms with E-state index >= 15 is 0 Å². The Balaban J connectivity index is 2.93. The minimum atomic E-state index is -0.690. The van der Waals surface area contributed by atoms with Crippen molar-refractivity contribution < 1.29 is 19.1 Å². The lowest BCUT2D eigenvalue weighted by molar-refractivity contribution is -0.143. The minimum absolute atomic E-state index is 0.239. The normalized spacial score (nSPS) is 11.9. The van der Waals surface area contributed by atoms with Crippen LogP contribution in [0.1, 0.15) is 30.6 Å². The Morgan fingerprint density at radius 3 is 2.48 bits per heavy atom. The number of nitrogen functional groups attached to an aromatic ring is 1. The third-order valence-electron chi connectivity index (χ3n) is 2.97. The number of carbonyl (C=O) groups excluding carboxylic acids is 2. The maximum absolute atomic E-state index is 12.3. The predicted molar refractivity (Wildman–Crippen MR) is 80.1 cm³/mol. The second kappa shape index (κ2) is 7.52. The highest BCUT2D eigenvalue weighted by atomic mass is 16.5. The van der Waals surface area contributed by atoms with E-state index in [1.165, 1.54) is 14.2 Å². The lowest BCUT2D eigenvalue weighted by Crippen LogP contribution is -2.42. The molecule has 1 atom stereocenters. The molecule has 0 radical (unpaired) electrons. The number of nitrogens with two attached hydrogens (primary N) is 1. The monoisotopic (exact) mass is 294 g/mol. The van der Waals surface area contributed by atoms with Crippen LogP contribution >= 0.6 is 0 Å². The molecule has 0 saturated heterocycles. The zero-order valence-electron chi connectivity index (χ0n) is 12.8. The molecule has 1 aromatic carbocycles. The molecule has 1 aromatic rings.